The van der Waals surface area contributed by atoms with Crippen LogP contribution in [0.5, 0.6) is 0 Å². The van der Waals surface area contributed by atoms with Crippen molar-refractivity contribution in [2.45, 2.75) is 46.1 Å². The Balaban J connectivity index is 2.13. The maximum Gasteiger partial charge on any atom is 0.326 e. The largest absolute Gasteiger partial charge is 0.480 e. The molecule has 0 aliphatic carbocycles. The van der Waals surface area contributed by atoms with Gasteiger partial charge in [0.2, 0.25) is 10.0 Å². The van der Waals surface area contributed by atoms with Crippen molar-refractivity contribution in [3.8, 4) is 0 Å². The van der Waals surface area contributed by atoms with Crippen molar-refractivity contribution < 1.29 is 23.1 Å². The van der Waals surface area contributed by atoms with Crippen molar-refractivity contribution >= 4 is 27.6 Å². The van der Waals surface area contributed by atoms with E-state index in [-0.39, 0.29) is 16.7 Å². The number of carbonyl (C=O) groups excluding carboxylic acids is 1. The summed E-state index contributed by atoms with van der Waals surface area (Å²) in [5.74, 6) is -1.51. The molecule has 8 heteroatoms. The number of carboxylic acid groups (broad SMARTS) is 1. The molecule has 1 aliphatic heterocycles. The van der Waals surface area contributed by atoms with Crippen LogP contribution in [0, 0.1) is 5.41 Å². The number of anilines is 1. The van der Waals surface area contributed by atoms with E-state index in [4.69, 9.17) is 0 Å². The molecule has 0 bridgehead atoms. The van der Waals surface area contributed by atoms with Gasteiger partial charge in [-0.25, -0.2) is 13.2 Å². The predicted octanol–water partition coefficient (Wildman–Crippen LogP) is 2.24. The SMILES string of the molecule is CC(C)(C)CCC(NC(=O)c1cccc(N2CCCS2(=O)=O)c1)C(=O)O. The number of hydrogen-bond donors (Lipinski definition) is 2. The number of hydrogen-bond acceptors (Lipinski definition) is 4. The van der Waals surface area contributed by atoms with Crippen LogP contribution in [0.4, 0.5) is 5.69 Å². The number of carbonyl (C=O) groups is 2. The smallest absolute Gasteiger partial charge is 0.326 e. The van der Waals surface area contributed by atoms with Gasteiger partial charge in [0.1, 0.15) is 6.04 Å². The molecule has 144 valence electrons. The summed E-state index contributed by atoms with van der Waals surface area (Å²) < 4.78 is 25.4. The number of sulfonamides is 1. The van der Waals surface area contributed by atoms with Crippen molar-refractivity contribution in [2.75, 3.05) is 16.6 Å². The highest BCUT2D eigenvalue weighted by molar-refractivity contribution is 7.93. The van der Waals surface area contributed by atoms with Crippen LogP contribution in [-0.4, -0.2) is 43.7 Å². The van der Waals surface area contributed by atoms with Crippen LogP contribution in [0.2, 0.25) is 0 Å². The zero-order chi connectivity index (χ0) is 19.5. The fourth-order valence-corrected chi connectivity index (χ4v) is 4.36. The van der Waals surface area contributed by atoms with Gasteiger partial charge in [-0.05, 0) is 42.9 Å². The zero-order valence-corrected chi connectivity index (χ0v) is 16.2. The Labute approximate surface area is 154 Å². The molecule has 1 atom stereocenters. The Kier molecular flexibility index (Phi) is 5.95. The van der Waals surface area contributed by atoms with Crippen molar-refractivity contribution in [1.29, 1.82) is 0 Å². The van der Waals surface area contributed by atoms with Gasteiger partial charge in [-0.3, -0.25) is 9.10 Å². The monoisotopic (exact) mass is 382 g/mol. The number of rotatable bonds is 6. The summed E-state index contributed by atoms with van der Waals surface area (Å²) in [7, 11) is -3.34. The average Bonchev–Trinajstić information content (AvgIpc) is 2.89. The first kappa shape index (κ1) is 20.2. The molecule has 1 fully saturated rings. The molecule has 1 aromatic rings. The lowest BCUT2D eigenvalue weighted by Gasteiger charge is -2.22. The van der Waals surface area contributed by atoms with E-state index in [0.717, 1.165) is 0 Å². The molecule has 26 heavy (non-hydrogen) atoms. The highest BCUT2D eigenvalue weighted by Crippen LogP contribution is 2.25. The van der Waals surface area contributed by atoms with Crippen molar-refractivity contribution in [3.05, 3.63) is 29.8 Å². The molecule has 0 saturated carbocycles. The summed E-state index contributed by atoms with van der Waals surface area (Å²) in [5, 5.41) is 11.9. The Hall–Kier alpha value is -2.09. The number of carboxylic acids is 1. The third kappa shape index (κ3) is 5.20. The van der Waals surface area contributed by atoms with Crippen molar-refractivity contribution in [2.24, 2.45) is 5.41 Å². The van der Waals surface area contributed by atoms with Gasteiger partial charge in [-0.2, -0.15) is 0 Å². The number of amides is 1. The van der Waals surface area contributed by atoms with Gasteiger partial charge in [0.25, 0.3) is 5.91 Å². The molecule has 0 radical (unpaired) electrons. The van der Waals surface area contributed by atoms with Crippen LogP contribution in [0.3, 0.4) is 0 Å². The van der Waals surface area contributed by atoms with Gasteiger partial charge in [0.05, 0.1) is 11.4 Å². The molecule has 1 saturated heterocycles. The van der Waals surface area contributed by atoms with Gasteiger partial charge in [0, 0.05) is 12.1 Å². The fourth-order valence-electron chi connectivity index (χ4n) is 2.81. The Morgan fingerprint density at radius 3 is 2.54 bits per heavy atom. The lowest BCUT2D eigenvalue weighted by molar-refractivity contribution is -0.139. The van der Waals surface area contributed by atoms with Crippen molar-refractivity contribution in [1.82, 2.24) is 5.32 Å². The average molecular weight is 382 g/mol. The van der Waals surface area contributed by atoms with E-state index < -0.39 is 27.9 Å². The van der Waals surface area contributed by atoms with E-state index in [2.05, 4.69) is 5.32 Å². The van der Waals surface area contributed by atoms with E-state index in [0.29, 0.717) is 31.5 Å². The number of benzene rings is 1. The molecular weight excluding hydrogens is 356 g/mol. The Morgan fingerprint density at radius 1 is 1.31 bits per heavy atom. The van der Waals surface area contributed by atoms with E-state index >= 15 is 0 Å². The van der Waals surface area contributed by atoms with Gasteiger partial charge in [-0.15, -0.1) is 0 Å². The molecule has 1 aliphatic rings. The van der Waals surface area contributed by atoms with Crippen molar-refractivity contribution in [3.63, 3.8) is 0 Å². The maximum absolute atomic E-state index is 12.5. The first-order chi connectivity index (χ1) is 12.0. The summed E-state index contributed by atoms with van der Waals surface area (Å²) >= 11 is 0. The molecule has 0 aromatic heterocycles. The molecule has 1 heterocycles. The second kappa shape index (κ2) is 7.65. The van der Waals surface area contributed by atoms with Gasteiger partial charge in [-0.1, -0.05) is 26.8 Å². The van der Waals surface area contributed by atoms with Crippen LogP contribution in [-0.2, 0) is 14.8 Å². The van der Waals surface area contributed by atoms with E-state index in [1.54, 1.807) is 18.2 Å². The minimum atomic E-state index is -3.34. The van der Waals surface area contributed by atoms with E-state index in [9.17, 15) is 23.1 Å². The predicted molar refractivity (Wildman–Crippen MR) is 99.8 cm³/mol. The third-order valence-corrected chi connectivity index (χ3v) is 6.15. The maximum atomic E-state index is 12.5. The minimum absolute atomic E-state index is 0.0392. The second-order valence-electron chi connectivity index (χ2n) is 7.76. The van der Waals surface area contributed by atoms with Crippen LogP contribution in [0.25, 0.3) is 0 Å². The lowest BCUT2D eigenvalue weighted by Crippen LogP contribution is -2.41. The second-order valence-corrected chi connectivity index (χ2v) is 9.77. The summed E-state index contributed by atoms with van der Waals surface area (Å²) in [4.78, 5) is 23.9. The van der Waals surface area contributed by atoms with Crippen LogP contribution in [0.15, 0.2) is 24.3 Å². The molecule has 1 amide bonds. The number of aliphatic carboxylic acids is 1. The molecular formula is C18H26N2O5S. The lowest BCUT2D eigenvalue weighted by atomic mass is 9.88. The standard InChI is InChI=1S/C18H26N2O5S/c1-18(2,3)9-8-15(17(22)23)19-16(21)13-6-4-7-14(12-13)20-10-5-11-26(20,24)25/h4,6-7,12,15H,5,8-11H2,1-3H3,(H,19,21)(H,22,23). The quantitative estimate of drug-likeness (QED) is 0.785. The summed E-state index contributed by atoms with van der Waals surface area (Å²) in [6, 6.07) is 5.28. The Morgan fingerprint density at radius 2 is 2.00 bits per heavy atom. The van der Waals surface area contributed by atoms with Crippen LogP contribution >= 0.6 is 0 Å². The molecule has 7 nitrogen and oxygen atoms in total. The van der Waals surface area contributed by atoms with Gasteiger partial charge < -0.3 is 10.4 Å². The normalized spacial score (nSPS) is 17.7. The fraction of sp³-hybridized carbons (Fsp3) is 0.556. The highest BCUT2D eigenvalue weighted by Gasteiger charge is 2.29. The summed E-state index contributed by atoms with van der Waals surface area (Å²) in [5.41, 5.74) is 0.631. The van der Waals surface area contributed by atoms with E-state index in [1.165, 1.54) is 10.4 Å². The Bertz CT molecular complexity index is 783. The molecule has 1 unspecified atom stereocenters. The third-order valence-electron chi connectivity index (χ3n) is 4.28. The molecule has 2 rings (SSSR count). The molecule has 0 spiro atoms. The summed E-state index contributed by atoms with van der Waals surface area (Å²) in [6.45, 7) is 6.41. The first-order valence-electron chi connectivity index (χ1n) is 8.64. The van der Waals surface area contributed by atoms with Crippen LogP contribution < -0.4 is 9.62 Å². The topological polar surface area (TPSA) is 104 Å². The number of nitrogens with zero attached hydrogens (tertiary/aromatic N) is 1. The number of nitrogens with one attached hydrogen (secondary N) is 1. The van der Waals surface area contributed by atoms with Gasteiger partial charge >= 0.3 is 5.97 Å². The zero-order valence-electron chi connectivity index (χ0n) is 15.4. The highest BCUT2D eigenvalue weighted by atomic mass is 32.2. The molecule has 1 aromatic carbocycles. The molecule has 2 N–H and O–H groups in total. The van der Waals surface area contributed by atoms with Crippen LogP contribution in [0.1, 0.15) is 50.4 Å². The van der Waals surface area contributed by atoms with E-state index in [1.807, 2.05) is 20.8 Å². The summed E-state index contributed by atoms with van der Waals surface area (Å²) in [6.07, 6.45) is 1.52. The minimum Gasteiger partial charge on any atom is -0.480 e. The first-order valence-corrected chi connectivity index (χ1v) is 10.2. The van der Waals surface area contributed by atoms with Gasteiger partial charge in [0.15, 0.2) is 0 Å².